The lowest BCUT2D eigenvalue weighted by atomic mass is 9.93. The maximum Gasteiger partial charge on any atom is 0.242 e. The van der Waals surface area contributed by atoms with Crippen LogP contribution in [0.5, 0.6) is 0 Å². The highest BCUT2D eigenvalue weighted by Gasteiger charge is 2.37. The molecule has 1 unspecified atom stereocenters. The molecule has 0 bridgehead atoms. The van der Waals surface area contributed by atoms with Crippen LogP contribution in [0.2, 0.25) is 0 Å². The molecular weight excluding hydrogens is 204 g/mol. The normalized spacial score (nSPS) is 20.9. The van der Waals surface area contributed by atoms with Crippen molar-refractivity contribution in [3.05, 3.63) is 0 Å². The molecule has 1 heterocycles. The molecule has 1 aliphatic rings. The maximum atomic E-state index is 12.1. The highest BCUT2D eigenvalue weighted by Crippen LogP contribution is 2.27. The fourth-order valence-electron chi connectivity index (χ4n) is 2.14. The molecule has 0 saturated carbocycles. The quantitative estimate of drug-likeness (QED) is 0.782. The number of nitriles is 1. The van der Waals surface area contributed by atoms with E-state index < -0.39 is 5.41 Å². The van der Waals surface area contributed by atoms with Crippen molar-refractivity contribution in [2.45, 2.75) is 45.6 Å². The molecule has 1 rings (SSSR count). The van der Waals surface area contributed by atoms with E-state index >= 15 is 0 Å². The Morgan fingerprint density at radius 2 is 2.31 bits per heavy atom. The molecule has 1 saturated heterocycles. The number of hydrogen-bond acceptors (Lipinski definition) is 3. The van der Waals surface area contributed by atoms with Gasteiger partial charge in [-0.3, -0.25) is 4.79 Å². The van der Waals surface area contributed by atoms with Gasteiger partial charge in [0.15, 0.2) is 0 Å². The lowest BCUT2D eigenvalue weighted by Crippen LogP contribution is -2.43. The largest absolute Gasteiger partial charge is 0.396 e. The van der Waals surface area contributed by atoms with Gasteiger partial charge in [-0.1, -0.05) is 0 Å². The van der Waals surface area contributed by atoms with Crippen LogP contribution in [0.4, 0.5) is 0 Å². The first kappa shape index (κ1) is 13.0. The van der Waals surface area contributed by atoms with Gasteiger partial charge in [0.1, 0.15) is 5.41 Å². The van der Waals surface area contributed by atoms with Crippen LogP contribution in [0, 0.1) is 16.7 Å². The third kappa shape index (κ3) is 2.73. The molecule has 1 atom stereocenters. The highest BCUT2D eigenvalue weighted by molar-refractivity contribution is 5.85. The van der Waals surface area contributed by atoms with Gasteiger partial charge in [-0.25, -0.2) is 0 Å². The van der Waals surface area contributed by atoms with Crippen LogP contribution >= 0.6 is 0 Å². The van der Waals surface area contributed by atoms with Crippen molar-refractivity contribution in [2.75, 3.05) is 13.2 Å². The zero-order valence-electron chi connectivity index (χ0n) is 10.1. The Morgan fingerprint density at radius 3 is 2.88 bits per heavy atom. The number of nitrogens with zero attached hydrogens (tertiary/aromatic N) is 2. The minimum atomic E-state index is -0.929. The van der Waals surface area contributed by atoms with Crippen LogP contribution in [0.15, 0.2) is 0 Å². The summed E-state index contributed by atoms with van der Waals surface area (Å²) in [5, 5.41) is 17.8. The summed E-state index contributed by atoms with van der Waals surface area (Å²) in [7, 11) is 0. The summed E-state index contributed by atoms with van der Waals surface area (Å²) in [5.41, 5.74) is -0.929. The van der Waals surface area contributed by atoms with Gasteiger partial charge in [-0.15, -0.1) is 0 Å². The summed E-state index contributed by atoms with van der Waals surface area (Å²) in [4.78, 5) is 13.9. The summed E-state index contributed by atoms with van der Waals surface area (Å²) >= 11 is 0. The minimum Gasteiger partial charge on any atom is -0.396 e. The van der Waals surface area contributed by atoms with Crippen molar-refractivity contribution < 1.29 is 9.90 Å². The monoisotopic (exact) mass is 224 g/mol. The lowest BCUT2D eigenvalue weighted by Gasteiger charge is -2.29. The second-order valence-corrected chi connectivity index (χ2v) is 4.90. The average Bonchev–Trinajstić information content (AvgIpc) is 2.73. The predicted molar refractivity (Wildman–Crippen MR) is 60.4 cm³/mol. The van der Waals surface area contributed by atoms with Crippen LogP contribution in [0.3, 0.4) is 0 Å². The molecule has 1 fully saturated rings. The first-order chi connectivity index (χ1) is 7.53. The smallest absolute Gasteiger partial charge is 0.242 e. The summed E-state index contributed by atoms with van der Waals surface area (Å²) in [6, 6.07) is 2.27. The second kappa shape index (κ2) is 5.31. The van der Waals surface area contributed by atoms with Gasteiger partial charge in [0.25, 0.3) is 0 Å². The SMILES string of the molecule is CC(C)(C#N)C(=O)N1CCCC1CCCO. The second-order valence-electron chi connectivity index (χ2n) is 4.90. The van der Waals surface area contributed by atoms with E-state index in [4.69, 9.17) is 10.4 Å². The topological polar surface area (TPSA) is 64.3 Å². The Hall–Kier alpha value is -1.08. The predicted octanol–water partition coefficient (Wildman–Crippen LogP) is 1.30. The van der Waals surface area contributed by atoms with Gasteiger partial charge in [-0.05, 0) is 39.5 Å². The number of hydrogen-bond donors (Lipinski definition) is 1. The van der Waals surface area contributed by atoms with Gasteiger partial charge in [0.2, 0.25) is 5.91 Å². The van der Waals surface area contributed by atoms with E-state index in [1.807, 2.05) is 4.90 Å². The van der Waals surface area contributed by atoms with Crippen LogP contribution in [-0.4, -0.2) is 35.1 Å². The fraction of sp³-hybridized carbons (Fsp3) is 0.833. The lowest BCUT2D eigenvalue weighted by molar-refractivity contribution is -0.138. The molecule has 0 aromatic heterocycles. The number of likely N-dealkylation sites (tertiary alicyclic amines) is 1. The minimum absolute atomic E-state index is 0.0737. The fourth-order valence-corrected chi connectivity index (χ4v) is 2.14. The number of carbonyl (C=O) groups is 1. The first-order valence-electron chi connectivity index (χ1n) is 5.86. The molecule has 4 nitrogen and oxygen atoms in total. The molecule has 0 radical (unpaired) electrons. The van der Waals surface area contributed by atoms with E-state index in [-0.39, 0.29) is 18.6 Å². The number of aliphatic hydroxyl groups is 1. The van der Waals surface area contributed by atoms with Gasteiger partial charge < -0.3 is 10.0 Å². The molecule has 0 aromatic carbocycles. The zero-order valence-corrected chi connectivity index (χ0v) is 10.1. The Bertz CT molecular complexity index is 294. The molecule has 1 aliphatic heterocycles. The third-order valence-electron chi connectivity index (χ3n) is 3.15. The Morgan fingerprint density at radius 1 is 1.62 bits per heavy atom. The average molecular weight is 224 g/mol. The molecule has 0 aromatic rings. The molecular formula is C12H20N2O2. The first-order valence-corrected chi connectivity index (χ1v) is 5.86. The molecule has 16 heavy (non-hydrogen) atoms. The van der Waals surface area contributed by atoms with Crippen molar-refractivity contribution >= 4 is 5.91 Å². The molecule has 1 N–H and O–H groups in total. The molecule has 1 amide bonds. The molecule has 4 heteroatoms. The standard InChI is InChI=1S/C12H20N2O2/c1-12(2,9-13)11(16)14-7-3-5-10(14)6-4-8-15/h10,15H,3-8H2,1-2H3. The number of rotatable bonds is 4. The summed E-state index contributed by atoms with van der Waals surface area (Å²) in [6.45, 7) is 4.24. The van der Waals surface area contributed by atoms with Gasteiger partial charge in [0.05, 0.1) is 6.07 Å². The molecule has 90 valence electrons. The molecule has 0 spiro atoms. The van der Waals surface area contributed by atoms with E-state index in [0.717, 1.165) is 32.2 Å². The third-order valence-corrected chi connectivity index (χ3v) is 3.15. The summed E-state index contributed by atoms with van der Waals surface area (Å²) in [5.74, 6) is -0.0737. The van der Waals surface area contributed by atoms with Gasteiger partial charge >= 0.3 is 0 Å². The van der Waals surface area contributed by atoms with E-state index in [9.17, 15) is 4.79 Å². The van der Waals surface area contributed by atoms with Gasteiger partial charge in [0, 0.05) is 19.2 Å². The van der Waals surface area contributed by atoms with Crippen molar-refractivity contribution in [1.29, 1.82) is 5.26 Å². The number of aliphatic hydroxyl groups excluding tert-OH is 1. The van der Waals surface area contributed by atoms with Crippen LogP contribution in [-0.2, 0) is 4.79 Å². The van der Waals surface area contributed by atoms with Crippen molar-refractivity contribution in [1.82, 2.24) is 4.90 Å². The van der Waals surface area contributed by atoms with E-state index in [1.54, 1.807) is 13.8 Å². The zero-order chi connectivity index (χ0) is 12.2. The highest BCUT2D eigenvalue weighted by atomic mass is 16.3. The maximum absolute atomic E-state index is 12.1. The van der Waals surface area contributed by atoms with Gasteiger partial charge in [-0.2, -0.15) is 5.26 Å². The van der Waals surface area contributed by atoms with Crippen LogP contribution in [0.1, 0.15) is 39.5 Å². The van der Waals surface area contributed by atoms with Crippen LogP contribution in [0.25, 0.3) is 0 Å². The number of carbonyl (C=O) groups excluding carboxylic acids is 1. The Kier molecular flexibility index (Phi) is 4.31. The van der Waals surface area contributed by atoms with Crippen molar-refractivity contribution in [3.63, 3.8) is 0 Å². The number of amides is 1. The van der Waals surface area contributed by atoms with E-state index in [1.165, 1.54) is 0 Å². The van der Waals surface area contributed by atoms with E-state index in [0.29, 0.717) is 0 Å². The summed E-state index contributed by atoms with van der Waals surface area (Å²) < 4.78 is 0. The van der Waals surface area contributed by atoms with Crippen molar-refractivity contribution in [2.24, 2.45) is 5.41 Å². The van der Waals surface area contributed by atoms with Crippen LogP contribution < -0.4 is 0 Å². The van der Waals surface area contributed by atoms with Crippen molar-refractivity contribution in [3.8, 4) is 6.07 Å². The molecule has 0 aliphatic carbocycles. The Labute approximate surface area is 96.9 Å². The Balaban J connectivity index is 2.65. The summed E-state index contributed by atoms with van der Waals surface area (Å²) in [6.07, 6.45) is 3.56. The van der Waals surface area contributed by atoms with E-state index in [2.05, 4.69) is 6.07 Å².